The zero-order chi connectivity index (χ0) is 43.3. The van der Waals surface area contributed by atoms with Gasteiger partial charge in [-0.2, -0.15) is 0 Å². The van der Waals surface area contributed by atoms with Crippen LogP contribution in [0.2, 0.25) is 0 Å². The third-order valence-electron chi connectivity index (χ3n) is 14.6. The summed E-state index contributed by atoms with van der Waals surface area (Å²) < 4.78 is 30.5. The van der Waals surface area contributed by atoms with Crippen molar-refractivity contribution >= 4 is 48.8 Å². The predicted molar refractivity (Wildman–Crippen MR) is 266 cm³/mol. The van der Waals surface area contributed by atoms with Crippen molar-refractivity contribution in [2.24, 2.45) is 0 Å². The van der Waals surface area contributed by atoms with Crippen LogP contribution in [0.1, 0.15) is 95.3 Å². The maximum atomic E-state index is 15.9. The van der Waals surface area contributed by atoms with Crippen LogP contribution >= 0.6 is 10.0 Å². The Labute approximate surface area is 371 Å². The lowest BCUT2D eigenvalue weighted by atomic mass is 9.79. The molecular formula is C58H54F2N2S. The Morgan fingerprint density at radius 3 is 1.95 bits per heavy atom. The fraction of sp³-hybridized carbons (Fsp3) is 0.241. The van der Waals surface area contributed by atoms with Gasteiger partial charge in [0.2, 0.25) is 0 Å². The number of fused-ring (bicyclic) bond motifs is 12. The standard InChI is InChI=1S/C55H45FN2S.C2H6.CH3F/c1-32-23-43-37-15-10-11-35-27-54-41-22-20-36(56)28-45(41)44-24-33(2)26-53(58-51-18-9-6-14-40(51)42-21-19-34(3)55(42)58)48(44)31-59(54,29-46(35)37)30-47(43)52(25-32)57-49-16-7-4-12-38(49)39-13-5-8-17-50(39)57;2*1-2/h4-10,12-26,28,34,37,54H,11,27,29-31H2,1-3H3;1-2H3;1H3. The Morgan fingerprint density at radius 1 is 0.619 bits per heavy atom. The molecule has 2 nitrogen and oxygen atoms in total. The van der Waals surface area contributed by atoms with Crippen molar-refractivity contribution < 1.29 is 8.78 Å². The van der Waals surface area contributed by atoms with Gasteiger partial charge in [0.05, 0.1) is 35.1 Å². The van der Waals surface area contributed by atoms with Gasteiger partial charge in [-0.25, -0.2) is 14.4 Å². The molecule has 5 aliphatic rings. The van der Waals surface area contributed by atoms with Crippen molar-refractivity contribution in [2.75, 3.05) is 12.9 Å². The lowest BCUT2D eigenvalue weighted by Crippen LogP contribution is -2.26. The van der Waals surface area contributed by atoms with Gasteiger partial charge in [0, 0.05) is 61.8 Å². The average molecular weight is 849 g/mol. The number of halogens is 2. The number of rotatable bonds is 2. The number of para-hydroxylation sites is 3. The summed E-state index contributed by atoms with van der Waals surface area (Å²) in [5.74, 6) is 3.55. The molecule has 1 spiro atoms. The van der Waals surface area contributed by atoms with Gasteiger partial charge in [0.25, 0.3) is 0 Å². The van der Waals surface area contributed by atoms with E-state index in [1.54, 1.807) is 17.2 Å². The Kier molecular flexibility index (Phi) is 9.58. The molecule has 0 fully saturated rings. The lowest BCUT2D eigenvalue weighted by Gasteiger charge is -2.51. The van der Waals surface area contributed by atoms with Gasteiger partial charge in [-0.3, -0.25) is 4.39 Å². The van der Waals surface area contributed by atoms with Crippen LogP contribution in [0.3, 0.4) is 0 Å². The molecule has 2 bridgehead atoms. The Balaban J connectivity index is 0.00000108. The number of alkyl halides is 1. The number of hydrogen-bond donors (Lipinski definition) is 0. The minimum absolute atomic E-state index is 0.152. The molecule has 0 amide bonds. The van der Waals surface area contributed by atoms with Gasteiger partial charge >= 0.3 is 0 Å². The van der Waals surface area contributed by atoms with E-state index in [-0.39, 0.29) is 11.7 Å². The maximum absolute atomic E-state index is 15.9. The molecule has 4 atom stereocenters. The summed E-state index contributed by atoms with van der Waals surface area (Å²) in [4.78, 5) is 0. The van der Waals surface area contributed by atoms with Crippen LogP contribution in [-0.2, 0) is 11.5 Å². The minimum Gasteiger partial charge on any atom is -0.312 e. The van der Waals surface area contributed by atoms with Crippen LogP contribution in [-0.4, -0.2) is 22.1 Å². The van der Waals surface area contributed by atoms with Crippen LogP contribution in [0.15, 0.2) is 145 Å². The molecule has 5 heteroatoms. The smallest absolute Gasteiger partial charge is 0.123 e. The topological polar surface area (TPSA) is 9.86 Å². The van der Waals surface area contributed by atoms with Gasteiger partial charge in [-0.05, 0) is 114 Å². The molecule has 13 rings (SSSR count). The third kappa shape index (κ3) is 5.81. The second-order valence-corrected chi connectivity index (χ2v) is 21.7. The summed E-state index contributed by atoms with van der Waals surface area (Å²) in [6.45, 7) is 10.9. The molecule has 8 aromatic rings. The second-order valence-electron chi connectivity index (χ2n) is 18.0. The third-order valence-corrected chi connectivity index (χ3v) is 18.9. The largest absolute Gasteiger partial charge is 0.312 e. The van der Waals surface area contributed by atoms with Crippen molar-refractivity contribution in [2.45, 2.75) is 76.1 Å². The lowest BCUT2D eigenvalue weighted by molar-refractivity contribution is 0.627. The predicted octanol–water partition coefficient (Wildman–Crippen LogP) is 16.2. The summed E-state index contributed by atoms with van der Waals surface area (Å²) in [7, 11) is -1.00. The van der Waals surface area contributed by atoms with Crippen molar-refractivity contribution in [3.05, 3.63) is 195 Å². The maximum Gasteiger partial charge on any atom is 0.123 e. The highest BCUT2D eigenvalue weighted by Gasteiger charge is 2.48. The molecule has 316 valence electrons. The van der Waals surface area contributed by atoms with E-state index >= 15 is 4.39 Å². The van der Waals surface area contributed by atoms with Gasteiger partial charge in [-0.15, -0.1) is 0 Å². The Bertz CT molecular complexity index is 3230. The quantitative estimate of drug-likeness (QED) is 0.153. The van der Waals surface area contributed by atoms with Crippen molar-refractivity contribution in [3.63, 3.8) is 0 Å². The van der Waals surface area contributed by atoms with E-state index in [4.69, 9.17) is 0 Å². The highest BCUT2D eigenvalue weighted by Crippen LogP contribution is 2.75. The zero-order valence-electron chi connectivity index (χ0n) is 37.1. The molecule has 0 radical (unpaired) electrons. The SMILES string of the molecule is CC.CF.Cc1cc2c(c(-n3c4c(c5ccccc53)C=CC4C)c1)CS13CC4=C(CC=CC4c4cc(C)cc(-n5c6ccccc6c6ccccc65)c4C1)CC3c1ccc(F)cc1-2. The van der Waals surface area contributed by atoms with Gasteiger partial charge in [0.1, 0.15) is 5.82 Å². The number of aromatic nitrogens is 2. The molecular weight excluding hydrogens is 795 g/mol. The normalized spacial score (nSPS) is 22.1. The summed E-state index contributed by atoms with van der Waals surface area (Å²) in [6, 6.07) is 42.5. The Hall–Kier alpha value is -5.91. The number of allylic oxidation sites excluding steroid dienone is 4. The van der Waals surface area contributed by atoms with E-state index < -0.39 is 10.0 Å². The zero-order valence-corrected chi connectivity index (χ0v) is 37.9. The van der Waals surface area contributed by atoms with Gasteiger partial charge in [-0.1, -0.05) is 129 Å². The first kappa shape index (κ1) is 39.9. The van der Waals surface area contributed by atoms with Crippen LogP contribution in [0.5, 0.6) is 0 Å². The van der Waals surface area contributed by atoms with Crippen LogP contribution < -0.4 is 0 Å². The molecule has 0 saturated carbocycles. The Morgan fingerprint density at radius 2 is 1.24 bits per heavy atom. The highest BCUT2D eigenvalue weighted by atomic mass is 32.3. The summed E-state index contributed by atoms with van der Waals surface area (Å²) >= 11 is 0. The monoisotopic (exact) mass is 848 g/mol. The molecule has 5 heterocycles. The van der Waals surface area contributed by atoms with E-state index in [1.807, 2.05) is 19.9 Å². The van der Waals surface area contributed by atoms with E-state index in [9.17, 15) is 4.39 Å². The molecule has 4 unspecified atom stereocenters. The number of aryl methyl sites for hydroxylation is 2. The molecule has 0 saturated heterocycles. The number of benzene rings is 6. The summed E-state index contributed by atoms with van der Waals surface area (Å²) in [5, 5.41) is 4.22. The average Bonchev–Trinajstić information content (AvgIpc) is 3.91. The summed E-state index contributed by atoms with van der Waals surface area (Å²) in [5.41, 5.74) is 23.0. The van der Waals surface area contributed by atoms with E-state index in [1.165, 1.54) is 94.3 Å². The molecule has 0 N–H and O–H groups in total. The number of nitrogens with zero attached hydrogens (tertiary/aromatic N) is 2. The van der Waals surface area contributed by atoms with Crippen LogP contribution in [0.4, 0.5) is 8.78 Å². The van der Waals surface area contributed by atoms with Crippen molar-refractivity contribution in [3.8, 4) is 22.5 Å². The second kappa shape index (κ2) is 15.1. The molecule has 63 heavy (non-hydrogen) atoms. The first-order chi connectivity index (χ1) is 30.8. The molecule has 2 aromatic heterocycles. The molecule has 2 aliphatic carbocycles. The van der Waals surface area contributed by atoms with E-state index in [0.717, 1.165) is 35.7 Å². The van der Waals surface area contributed by atoms with Crippen molar-refractivity contribution in [1.29, 1.82) is 0 Å². The van der Waals surface area contributed by atoms with Gasteiger partial charge in [0.15, 0.2) is 0 Å². The first-order valence-electron chi connectivity index (χ1n) is 22.7. The fourth-order valence-electron chi connectivity index (χ4n) is 12.2. The van der Waals surface area contributed by atoms with Gasteiger partial charge < -0.3 is 9.13 Å². The summed E-state index contributed by atoms with van der Waals surface area (Å²) in [6.07, 6.45) is 11.8. The minimum atomic E-state index is -1.50. The van der Waals surface area contributed by atoms with Crippen LogP contribution in [0.25, 0.3) is 61.3 Å². The van der Waals surface area contributed by atoms with E-state index in [0.29, 0.717) is 18.3 Å². The number of hydrogen-bond acceptors (Lipinski definition) is 0. The fourth-order valence-corrected chi connectivity index (χ4v) is 17.2. The van der Waals surface area contributed by atoms with Crippen molar-refractivity contribution in [1.82, 2.24) is 9.13 Å². The highest BCUT2D eigenvalue weighted by molar-refractivity contribution is 8.32. The molecule has 6 aromatic carbocycles. The first-order valence-corrected chi connectivity index (χ1v) is 24.9. The van der Waals surface area contributed by atoms with E-state index in [2.05, 4.69) is 157 Å². The van der Waals surface area contributed by atoms with Crippen LogP contribution in [0, 0.1) is 19.7 Å². The molecule has 3 aliphatic heterocycles.